The first-order chi connectivity index (χ1) is 19.3. The number of amides is 1. The van der Waals surface area contributed by atoms with E-state index < -0.39 is 17.5 Å². The Labute approximate surface area is 247 Å². The Morgan fingerprint density at radius 2 is 1.66 bits per heavy atom. The van der Waals surface area contributed by atoms with E-state index >= 15 is 0 Å². The Bertz CT molecular complexity index is 1730. The number of primary amides is 1. The molecule has 5 aromatic rings. The number of halogens is 1. The summed E-state index contributed by atoms with van der Waals surface area (Å²) in [6, 6.07) is 20.2. The summed E-state index contributed by atoms with van der Waals surface area (Å²) in [7, 11) is 0. The second-order valence-electron chi connectivity index (χ2n) is 10.5. The molecule has 0 fully saturated rings. The van der Waals surface area contributed by atoms with Crippen molar-refractivity contribution in [3.05, 3.63) is 94.6 Å². The highest BCUT2D eigenvalue weighted by molar-refractivity contribution is 7.22. The maximum atomic E-state index is 11.7. The zero-order chi connectivity index (χ0) is 29.9. The second kappa shape index (κ2) is 12.2. The Morgan fingerprint density at radius 3 is 2.29 bits per heavy atom. The van der Waals surface area contributed by atoms with Gasteiger partial charge in [0, 0.05) is 33.5 Å². The molecule has 0 aliphatic carbocycles. The molecular formula is C32H30ClN3O4S. The molecule has 210 valence electrons. The molecule has 0 aliphatic heterocycles. The number of nitrogens with zero attached hydrogens (tertiary/aromatic N) is 2. The minimum atomic E-state index is -0.894. The molecule has 0 aliphatic rings. The molecule has 3 aromatic carbocycles. The summed E-state index contributed by atoms with van der Waals surface area (Å²) in [5, 5.41) is 19.5. The summed E-state index contributed by atoms with van der Waals surface area (Å²) in [5.74, 6) is -1.39. The zero-order valence-corrected chi connectivity index (χ0v) is 24.7. The van der Waals surface area contributed by atoms with Crippen LogP contribution >= 0.6 is 22.9 Å². The van der Waals surface area contributed by atoms with Gasteiger partial charge in [0.1, 0.15) is 5.01 Å². The van der Waals surface area contributed by atoms with Crippen LogP contribution in [0.1, 0.15) is 42.3 Å². The van der Waals surface area contributed by atoms with Gasteiger partial charge in [-0.15, -0.1) is 11.3 Å². The van der Waals surface area contributed by atoms with Crippen LogP contribution in [-0.2, 0) is 11.2 Å². The van der Waals surface area contributed by atoms with Crippen molar-refractivity contribution in [2.75, 3.05) is 0 Å². The number of thiazole rings is 1. The average Bonchev–Trinajstić information content (AvgIpc) is 3.32. The molecule has 41 heavy (non-hydrogen) atoms. The van der Waals surface area contributed by atoms with Gasteiger partial charge in [0.15, 0.2) is 0 Å². The number of aromatic nitrogens is 2. The third-order valence-corrected chi connectivity index (χ3v) is 7.31. The number of fused-ring (bicyclic) bond motifs is 1. The fraction of sp³-hybridized carbons (Fsp3) is 0.188. The van der Waals surface area contributed by atoms with Crippen LogP contribution in [0.15, 0.2) is 72.9 Å². The number of aryl methyl sites for hydroxylation is 1. The first kappa shape index (κ1) is 29.9. The summed E-state index contributed by atoms with van der Waals surface area (Å²) < 4.78 is 0.906. The third kappa shape index (κ3) is 7.55. The molecule has 0 radical (unpaired) electrons. The number of hydrogen-bond donors (Lipinski definition) is 3. The molecule has 2 aromatic heterocycles. The lowest BCUT2D eigenvalue weighted by Crippen LogP contribution is -2.10. The third-order valence-electron chi connectivity index (χ3n) is 5.92. The number of pyridine rings is 1. The topological polar surface area (TPSA) is 126 Å². The fourth-order valence-corrected chi connectivity index (χ4v) is 5.47. The lowest BCUT2D eigenvalue weighted by molar-refractivity contribution is -0.136. The lowest BCUT2D eigenvalue weighted by atomic mass is 9.93. The van der Waals surface area contributed by atoms with Crippen molar-refractivity contribution >= 4 is 45.0 Å². The van der Waals surface area contributed by atoms with Crippen molar-refractivity contribution in [3.8, 4) is 33.0 Å². The van der Waals surface area contributed by atoms with E-state index in [1.165, 1.54) is 11.3 Å². The summed E-state index contributed by atoms with van der Waals surface area (Å²) >= 11 is 7.61. The number of rotatable bonds is 6. The normalized spacial score (nSPS) is 11.2. The van der Waals surface area contributed by atoms with E-state index in [1.807, 2.05) is 43.3 Å². The Kier molecular flexibility index (Phi) is 8.87. The van der Waals surface area contributed by atoms with Crippen LogP contribution in [0.4, 0.5) is 0 Å². The lowest BCUT2D eigenvalue weighted by Gasteiger charge is -2.13. The summed E-state index contributed by atoms with van der Waals surface area (Å²) in [6.45, 7) is 7.14. The predicted octanol–water partition coefficient (Wildman–Crippen LogP) is 7.16. The van der Waals surface area contributed by atoms with Gasteiger partial charge in [-0.1, -0.05) is 35.9 Å². The number of hydrogen-bond acceptors (Lipinski definition) is 6. The number of benzene rings is 3. The van der Waals surface area contributed by atoms with Crippen molar-refractivity contribution in [2.45, 2.75) is 39.7 Å². The van der Waals surface area contributed by atoms with Crippen molar-refractivity contribution in [2.24, 2.45) is 5.73 Å². The summed E-state index contributed by atoms with van der Waals surface area (Å²) in [6.07, 6.45) is 1.61. The minimum absolute atomic E-state index is 0.0947. The summed E-state index contributed by atoms with van der Waals surface area (Å²) in [5.41, 5.74) is 11.8. The molecule has 0 saturated heterocycles. The average molecular weight is 588 g/mol. The Balaban J connectivity index is 0.000000714. The molecule has 2 heterocycles. The first-order valence-electron chi connectivity index (χ1n) is 12.8. The van der Waals surface area contributed by atoms with E-state index in [-0.39, 0.29) is 6.42 Å². The smallest absolute Gasteiger partial charge is 0.307 e. The standard InChI is InChI=1S/C28H20ClN3O3S.C4H10O/c1-15-11-23-26(25(21(15)14-24(33)34)16-5-7-20(29)8-6-16)36-28(32-23)19-9-10-31-22(13-19)17-3-2-4-18(12-17)27(30)35;1-4(2,3)5/h2-13H,14H2,1H3,(H2,30,35)(H,33,34);5H,1-3H3. The highest BCUT2D eigenvalue weighted by Gasteiger charge is 2.20. The number of carboxylic acids is 1. The SMILES string of the molecule is CC(C)(C)O.Cc1cc2nc(-c3ccnc(-c4cccc(C(N)=O)c4)c3)sc2c(-c2ccc(Cl)cc2)c1CC(=O)O. The van der Waals surface area contributed by atoms with Gasteiger partial charge in [-0.2, -0.15) is 0 Å². The number of aliphatic hydroxyl groups is 1. The van der Waals surface area contributed by atoms with E-state index in [9.17, 15) is 14.7 Å². The largest absolute Gasteiger partial charge is 0.481 e. The fourth-order valence-electron chi connectivity index (χ4n) is 4.21. The number of carbonyl (C=O) groups excluding carboxylic acids is 1. The Morgan fingerprint density at radius 1 is 0.976 bits per heavy atom. The van der Waals surface area contributed by atoms with Gasteiger partial charge in [0.05, 0.1) is 27.9 Å². The molecule has 9 heteroatoms. The first-order valence-corrected chi connectivity index (χ1v) is 14.0. The molecule has 0 saturated carbocycles. The Hall–Kier alpha value is -4.11. The van der Waals surface area contributed by atoms with Crippen LogP contribution < -0.4 is 5.73 Å². The van der Waals surface area contributed by atoms with Crippen molar-refractivity contribution in [1.82, 2.24) is 9.97 Å². The second-order valence-corrected chi connectivity index (χ2v) is 12.0. The summed E-state index contributed by atoms with van der Waals surface area (Å²) in [4.78, 5) is 32.7. The molecule has 0 unspecified atom stereocenters. The van der Waals surface area contributed by atoms with Crippen molar-refractivity contribution in [3.63, 3.8) is 0 Å². The van der Waals surface area contributed by atoms with Crippen molar-refractivity contribution in [1.29, 1.82) is 0 Å². The molecule has 1 amide bonds. The zero-order valence-electron chi connectivity index (χ0n) is 23.1. The van der Waals surface area contributed by atoms with Gasteiger partial charge >= 0.3 is 5.97 Å². The predicted molar refractivity (Wildman–Crippen MR) is 165 cm³/mol. The molecular weight excluding hydrogens is 558 g/mol. The van der Waals surface area contributed by atoms with Gasteiger partial charge in [0.2, 0.25) is 5.91 Å². The van der Waals surface area contributed by atoms with E-state index in [1.54, 1.807) is 57.3 Å². The van der Waals surface area contributed by atoms with Crippen molar-refractivity contribution < 1.29 is 19.8 Å². The van der Waals surface area contributed by atoms with Gasteiger partial charge < -0.3 is 15.9 Å². The van der Waals surface area contributed by atoms with Gasteiger partial charge in [0.25, 0.3) is 0 Å². The number of carbonyl (C=O) groups is 2. The van der Waals surface area contributed by atoms with E-state index in [0.717, 1.165) is 48.6 Å². The van der Waals surface area contributed by atoms with Gasteiger partial charge in [-0.05, 0) is 86.8 Å². The van der Waals surface area contributed by atoms with E-state index in [4.69, 9.17) is 27.4 Å². The van der Waals surface area contributed by atoms with Crippen LogP contribution in [0.5, 0.6) is 0 Å². The highest BCUT2D eigenvalue weighted by atomic mass is 35.5. The highest BCUT2D eigenvalue weighted by Crippen LogP contribution is 2.41. The van der Waals surface area contributed by atoms with E-state index in [2.05, 4.69) is 4.98 Å². The molecule has 0 atom stereocenters. The van der Waals surface area contributed by atoms with Gasteiger partial charge in [-0.3, -0.25) is 14.6 Å². The van der Waals surface area contributed by atoms with Gasteiger partial charge in [-0.25, -0.2) is 4.98 Å². The van der Waals surface area contributed by atoms with Crippen LogP contribution in [0.3, 0.4) is 0 Å². The quantitative estimate of drug-likeness (QED) is 0.193. The molecule has 0 bridgehead atoms. The molecule has 7 nitrogen and oxygen atoms in total. The number of nitrogens with two attached hydrogens (primary N) is 1. The number of aliphatic carboxylic acids is 1. The van der Waals surface area contributed by atoms with Crippen LogP contribution in [-0.4, -0.2) is 37.7 Å². The van der Waals surface area contributed by atoms with Crippen LogP contribution in [0, 0.1) is 6.92 Å². The monoisotopic (exact) mass is 587 g/mol. The molecule has 5 rings (SSSR count). The molecule has 4 N–H and O–H groups in total. The van der Waals surface area contributed by atoms with E-state index in [0.29, 0.717) is 16.3 Å². The number of carboxylic acid groups (broad SMARTS) is 1. The minimum Gasteiger partial charge on any atom is -0.481 e. The maximum absolute atomic E-state index is 11.7. The maximum Gasteiger partial charge on any atom is 0.307 e. The molecule has 0 spiro atoms. The van der Waals surface area contributed by atoms with Crippen LogP contribution in [0.2, 0.25) is 5.02 Å². The van der Waals surface area contributed by atoms with Crippen LogP contribution in [0.25, 0.3) is 43.2 Å².